The molecule has 1 fully saturated rings. The predicted octanol–water partition coefficient (Wildman–Crippen LogP) is 3.38. The molecule has 1 aliphatic carbocycles. The topological polar surface area (TPSA) is 41.1 Å². The maximum absolute atomic E-state index is 11.9. The van der Waals surface area contributed by atoms with Crippen molar-refractivity contribution in [1.82, 2.24) is 10.6 Å². The first-order chi connectivity index (χ1) is 9.24. The number of hydrogen-bond donors (Lipinski definition) is 2. The minimum absolute atomic E-state index is 0.0451. The monoisotopic (exact) mass is 268 g/mol. The van der Waals surface area contributed by atoms with Gasteiger partial charge in [0.05, 0.1) is 6.04 Å². The fraction of sp³-hybridized carbons (Fsp3) is 0.938. The van der Waals surface area contributed by atoms with Crippen LogP contribution in [0.1, 0.15) is 78.1 Å². The first kappa shape index (κ1) is 16.5. The summed E-state index contributed by atoms with van der Waals surface area (Å²) in [6.07, 6.45) is 12.7. The second kappa shape index (κ2) is 10.2. The summed E-state index contributed by atoms with van der Waals surface area (Å²) in [7, 11) is 0. The molecular weight excluding hydrogens is 236 g/mol. The van der Waals surface area contributed by atoms with Crippen LogP contribution in [-0.4, -0.2) is 24.5 Å². The Kier molecular flexibility index (Phi) is 8.89. The number of unbranched alkanes of at least 4 members (excludes halogenated alkanes) is 5. The Hall–Kier alpha value is -0.570. The minimum Gasteiger partial charge on any atom is -0.352 e. The summed E-state index contributed by atoms with van der Waals surface area (Å²) in [6, 6.07) is 0.391. The normalized spacial score (nSPS) is 17.6. The molecule has 0 spiro atoms. The number of rotatable bonds is 10. The lowest BCUT2D eigenvalue weighted by molar-refractivity contribution is -0.123. The molecule has 1 aliphatic rings. The van der Waals surface area contributed by atoms with Gasteiger partial charge in [0.15, 0.2) is 0 Å². The molecule has 0 aromatic heterocycles. The van der Waals surface area contributed by atoms with E-state index in [1.807, 2.05) is 6.92 Å². The summed E-state index contributed by atoms with van der Waals surface area (Å²) in [5, 5.41) is 6.48. The molecule has 3 nitrogen and oxygen atoms in total. The van der Waals surface area contributed by atoms with Crippen molar-refractivity contribution in [2.45, 2.75) is 90.1 Å². The van der Waals surface area contributed by atoms with Crippen molar-refractivity contribution in [3.8, 4) is 0 Å². The van der Waals surface area contributed by atoms with E-state index in [1.165, 1.54) is 51.4 Å². The lowest BCUT2D eigenvalue weighted by Crippen LogP contribution is -2.45. The van der Waals surface area contributed by atoms with Crippen molar-refractivity contribution in [2.24, 2.45) is 0 Å². The maximum atomic E-state index is 11.9. The van der Waals surface area contributed by atoms with Crippen LogP contribution >= 0.6 is 0 Å². The Morgan fingerprint density at radius 1 is 1.11 bits per heavy atom. The van der Waals surface area contributed by atoms with Crippen LogP contribution in [0.5, 0.6) is 0 Å². The third-order valence-corrected chi connectivity index (χ3v) is 4.08. The van der Waals surface area contributed by atoms with E-state index < -0.39 is 0 Å². The molecule has 0 bridgehead atoms. The number of hydrogen-bond acceptors (Lipinski definition) is 2. The molecule has 0 aromatic rings. The van der Waals surface area contributed by atoms with E-state index in [4.69, 9.17) is 0 Å². The molecular formula is C16H32N2O. The van der Waals surface area contributed by atoms with Crippen LogP contribution in [-0.2, 0) is 4.79 Å². The number of carbonyl (C=O) groups excluding carboxylic acids is 1. The van der Waals surface area contributed by atoms with E-state index in [-0.39, 0.29) is 11.9 Å². The quantitative estimate of drug-likeness (QED) is 0.596. The molecule has 0 heterocycles. The van der Waals surface area contributed by atoms with Gasteiger partial charge >= 0.3 is 0 Å². The standard InChI is InChI=1S/C16H32N2O/c1-3-4-5-6-7-10-13-17-14(2)16(19)18-15-11-8-9-12-15/h14-15,17H,3-13H2,1-2H3,(H,18,19). The summed E-state index contributed by atoms with van der Waals surface area (Å²) in [4.78, 5) is 11.9. The highest BCUT2D eigenvalue weighted by molar-refractivity contribution is 5.81. The van der Waals surface area contributed by atoms with Crippen molar-refractivity contribution >= 4 is 5.91 Å². The van der Waals surface area contributed by atoms with Crippen molar-refractivity contribution < 1.29 is 4.79 Å². The Morgan fingerprint density at radius 3 is 2.42 bits per heavy atom. The van der Waals surface area contributed by atoms with Crippen LogP contribution in [0.3, 0.4) is 0 Å². The van der Waals surface area contributed by atoms with Gasteiger partial charge in [-0.05, 0) is 32.7 Å². The smallest absolute Gasteiger partial charge is 0.237 e. The molecule has 1 amide bonds. The van der Waals surface area contributed by atoms with Gasteiger partial charge in [-0.1, -0.05) is 51.9 Å². The SMILES string of the molecule is CCCCCCCCNC(C)C(=O)NC1CCCC1. The predicted molar refractivity (Wildman–Crippen MR) is 81.2 cm³/mol. The van der Waals surface area contributed by atoms with E-state index in [9.17, 15) is 4.79 Å². The summed E-state index contributed by atoms with van der Waals surface area (Å²) >= 11 is 0. The molecule has 0 radical (unpaired) electrons. The highest BCUT2D eigenvalue weighted by Crippen LogP contribution is 2.17. The first-order valence-electron chi connectivity index (χ1n) is 8.27. The van der Waals surface area contributed by atoms with Crippen LogP contribution in [0.2, 0.25) is 0 Å². The summed E-state index contributed by atoms with van der Waals surface area (Å²) in [6.45, 7) is 5.18. The lowest BCUT2D eigenvalue weighted by Gasteiger charge is -2.17. The first-order valence-corrected chi connectivity index (χ1v) is 8.27. The van der Waals surface area contributed by atoms with E-state index >= 15 is 0 Å². The number of carbonyl (C=O) groups is 1. The lowest BCUT2D eigenvalue weighted by atomic mass is 10.1. The molecule has 1 rings (SSSR count). The van der Waals surface area contributed by atoms with Gasteiger partial charge < -0.3 is 10.6 Å². The van der Waals surface area contributed by atoms with Crippen molar-refractivity contribution in [3.05, 3.63) is 0 Å². The Morgan fingerprint density at radius 2 is 1.74 bits per heavy atom. The van der Waals surface area contributed by atoms with Crippen molar-refractivity contribution in [2.75, 3.05) is 6.54 Å². The molecule has 0 saturated heterocycles. The van der Waals surface area contributed by atoms with Gasteiger partial charge in [-0.15, -0.1) is 0 Å². The third-order valence-electron chi connectivity index (χ3n) is 4.08. The van der Waals surface area contributed by atoms with Crippen LogP contribution in [0.15, 0.2) is 0 Å². The van der Waals surface area contributed by atoms with E-state index in [0.29, 0.717) is 6.04 Å². The highest BCUT2D eigenvalue weighted by Gasteiger charge is 2.19. The largest absolute Gasteiger partial charge is 0.352 e. The average Bonchev–Trinajstić information content (AvgIpc) is 2.90. The second-order valence-corrected chi connectivity index (χ2v) is 5.93. The Labute approximate surface area is 118 Å². The van der Waals surface area contributed by atoms with Crippen LogP contribution in [0.4, 0.5) is 0 Å². The van der Waals surface area contributed by atoms with Crippen molar-refractivity contribution in [3.63, 3.8) is 0 Å². The van der Waals surface area contributed by atoms with E-state index in [2.05, 4.69) is 17.6 Å². The zero-order valence-corrected chi connectivity index (χ0v) is 12.8. The molecule has 3 heteroatoms. The van der Waals surface area contributed by atoms with Gasteiger partial charge in [-0.3, -0.25) is 4.79 Å². The molecule has 1 unspecified atom stereocenters. The summed E-state index contributed by atoms with van der Waals surface area (Å²) in [5.41, 5.74) is 0. The van der Waals surface area contributed by atoms with Gasteiger partial charge in [0.2, 0.25) is 5.91 Å². The third kappa shape index (κ3) is 7.56. The maximum Gasteiger partial charge on any atom is 0.237 e. The Bertz CT molecular complexity index is 237. The number of nitrogens with one attached hydrogen (secondary N) is 2. The minimum atomic E-state index is -0.0451. The zero-order chi connectivity index (χ0) is 13.9. The highest BCUT2D eigenvalue weighted by atomic mass is 16.2. The van der Waals surface area contributed by atoms with E-state index in [1.54, 1.807) is 0 Å². The molecule has 2 N–H and O–H groups in total. The Balaban J connectivity index is 1.97. The summed E-state index contributed by atoms with van der Waals surface area (Å²) < 4.78 is 0. The van der Waals surface area contributed by atoms with Gasteiger partial charge in [0.25, 0.3) is 0 Å². The van der Waals surface area contributed by atoms with Gasteiger partial charge in [-0.25, -0.2) is 0 Å². The second-order valence-electron chi connectivity index (χ2n) is 5.93. The fourth-order valence-corrected chi connectivity index (χ4v) is 2.71. The molecule has 0 aliphatic heterocycles. The van der Waals surface area contributed by atoms with Gasteiger partial charge in [0.1, 0.15) is 0 Å². The summed E-state index contributed by atoms with van der Waals surface area (Å²) in [5.74, 6) is 0.179. The average molecular weight is 268 g/mol. The van der Waals surface area contributed by atoms with Crippen LogP contribution in [0, 0.1) is 0 Å². The number of amides is 1. The molecule has 19 heavy (non-hydrogen) atoms. The van der Waals surface area contributed by atoms with Crippen LogP contribution < -0.4 is 10.6 Å². The molecule has 1 saturated carbocycles. The van der Waals surface area contributed by atoms with E-state index in [0.717, 1.165) is 19.4 Å². The van der Waals surface area contributed by atoms with Gasteiger partial charge in [-0.2, -0.15) is 0 Å². The molecule has 1 atom stereocenters. The van der Waals surface area contributed by atoms with Crippen LogP contribution in [0.25, 0.3) is 0 Å². The fourth-order valence-electron chi connectivity index (χ4n) is 2.71. The van der Waals surface area contributed by atoms with Crippen molar-refractivity contribution in [1.29, 1.82) is 0 Å². The molecule has 0 aromatic carbocycles. The zero-order valence-electron chi connectivity index (χ0n) is 12.8. The molecule has 112 valence electrons. The van der Waals surface area contributed by atoms with Gasteiger partial charge in [0, 0.05) is 6.04 Å².